The van der Waals surface area contributed by atoms with Gasteiger partial charge in [-0.05, 0) is 24.8 Å². The van der Waals surface area contributed by atoms with Gasteiger partial charge in [0.25, 0.3) is 6.43 Å². The predicted molar refractivity (Wildman–Crippen MR) is 62.2 cm³/mol. The topological polar surface area (TPSA) is 29.5 Å². The first kappa shape index (κ1) is 14.1. The standard InChI is InChI=1S/C13H18F2O2/c14-13(15)10-17-9-8-12(16)7-6-11-4-2-1-3-5-11/h1-5,12-13,16H,6-10H2. The maximum absolute atomic E-state index is 11.7. The zero-order chi connectivity index (χ0) is 12.5. The van der Waals surface area contributed by atoms with Gasteiger partial charge in [-0.3, -0.25) is 0 Å². The Bertz CT molecular complexity index is 291. The molecule has 1 N–H and O–H groups in total. The lowest BCUT2D eigenvalue weighted by Gasteiger charge is -2.10. The van der Waals surface area contributed by atoms with Crippen molar-refractivity contribution in [2.45, 2.75) is 31.8 Å². The first-order valence-electron chi connectivity index (χ1n) is 5.76. The molecule has 0 fully saturated rings. The second-order valence-corrected chi connectivity index (χ2v) is 3.93. The summed E-state index contributed by atoms with van der Waals surface area (Å²) in [5, 5.41) is 9.61. The number of aliphatic hydroxyl groups excluding tert-OH is 1. The maximum atomic E-state index is 11.7. The number of hydrogen-bond acceptors (Lipinski definition) is 2. The third-order valence-corrected chi connectivity index (χ3v) is 2.45. The number of halogens is 2. The van der Waals surface area contributed by atoms with Crippen LogP contribution in [0.25, 0.3) is 0 Å². The lowest BCUT2D eigenvalue weighted by Crippen LogP contribution is -2.13. The van der Waals surface area contributed by atoms with Gasteiger partial charge in [0.2, 0.25) is 0 Å². The number of aryl methyl sites for hydroxylation is 1. The fourth-order valence-corrected chi connectivity index (χ4v) is 1.51. The molecule has 1 unspecified atom stereocenters. The van der Waals surface area contributed by atoms with E-state index in [1.165, 1.54) is 5.56 Å². The van der Waals surface area contributed by atoms with Crippen LogP contribution < -0.4 is 0 Å². The zero-order valence-electron chi connectivity index (χ0n) is 9.69. The highest BCUT2D eigenvalue weighted by molar-refractivity contribution is 5.14. The Morgan fingerprint density at radius 2 is 1.82 bits per heavy atom. The minimum absolute atomic E-state index is 0.181. The van der Waals surface area contributed by atoms with Gasteiger partial charge in [0.05, 0.1) is 6.10 Å². The van der Waals surface area contributed by atoms with Crippen LogP contribution in [0.15, 0.2) is 30.3 Å². The van der Waals surface area contributed by atoms with E-state index in [1.54, 1.807) is 0 Å². The van der Waals surface area contributed by atoms with Crippen molar-refractivity contribution >= 4 is 0 Å². The van der Waals surface area contributed by atoms with Gasteiger partial charge in [0, 0.05) is 6.61 Å². The molecule has 1 aromatic carbocycles. The molecule has 17 heavy (non-hydrogen) atoms. The van der Waals surface area contributed by atoms with E-state index >= 15 is 0 Å². The molecule has 4 heteroatoms. The Morgan fingerprint density at radius 3 is 2.47 bits per heavy atom. The maximum Gasteiger partial charge on any atom is 0.261 e. The summed E-state index contributed by atoms with van der Waals surface area (Å²) >= 11 is 0. The molecular formula is C13H18F2O2. The van der Waals surface area contributed by atoms with Crippen molar-refractivity contribution in [3.8, 4) is 0 Å². The molecule has 0 bridgehead atoms. The predicted octanol–water partition coefficient (Wildman–Crippen LogP) is 2.65. The number of ether oxygens (including phenoxy) is 1. The average molecular weight is 244 g/mol. The van der Waals surface area contributed by atoms with E-state index in [1.807, 2.05) is 30.3 Å². The Kier molecular flexibility index (Phi) is 6.74. The van der Waals surface area contributed by atoms with Crippen LogP contribution in [-0.2, 0) is 11.2 Å². The summed E-state index contributed by atoms with van der Waals surface area (Å²) in [5.41, 5.74) is 1.17. The number of aliphatic hydroxyl groups is 1. The lowest BCUT2D eigenvalue weighted by molar-refractivity contribution is 0.00429. The third-order valence-electron chi connectivity index (χ3n) is 2.45. The summed E-state index contributed by atoms with van der Waals surface area (Å²) < 4.78 is 28.2. The first-order valence-corrected chi connectivity index (χ1v) is 5.76. The minimum atomic E-state index is -2.43. The van der Waals surface area contributed by atoms with Crippen molar-refractivity contribution in [1.82, 2.24) is 0 Å². The van der Waals surface area contributed by atoms with E-state index in [2.05, 4.69) is 0 Å². The Labute approximate surface area is 100 Å². The average Bonchev–Trinajstić information content (AvgIpc) is 2.33. The van der Waals surface area contributed by atoms with Crippen molar-refractivity contribution in [2.24, 2.45) is 0 Å². The van der Waals surface area contributed by atoms with Crippen LogP contribution in [0.3, 0.4) is 0 Å². The second kappa shape index (κ2) is 8.14. The summed E-state index contributed by atoms with van der Waals surface area (Å²) in [6.45, 7) is -0.369. The summed E-state index contributed by atoms with van der Waals surface area (Å²) in [5.74, 6) is 0. The van der Waals surface area contributed by atoms with E-state index in [-0.39, 0.29) is 6.61 Å². The fourth-order valence-electron chi connectivity index (χ4n) is 1.51. The number of hydrogen-bond donors (Lipinski definition) is 1. The number of benzene rings is 1. The van der Waals surface area contributed by atoms with E-state index in [0.717, 1.165) is 6.42 Å². The molecule has 96 valence electrons. The lowest BCUT2D eigenvalue weighted by atomic mass is 10.1. The molecule has 0 aliphatic heterocycles. The largest absolute Gasteiger partial charge is 0.393 e. The van der Waals surface area contributed by atoms with Gasteiger partial charge in [-0.25, -0.2) is 8.78 Å². The monoisotopic (exact) mass is 244 g/mol. The highest BCUT2D eigenvalue weighted by atomic mass is 19.3. The minimum Gasteiger partial charge on any atom is -0.393 e. The molecule has 0 aliphatic rings. The van der Waals surface area contributed by atoms with Crippen LogP contribution in [-0.4, -0.2) is 30.8 Å². The molecule has 0 spiro atoms. The molecule has 0 saturated heterocycles. The smallest absolute Gasteiger partial charge is 0.261 e. The molecule has 0 heterocycles. The molecule has 0 aliphatic carbocycles. The van der Waals surface area contributed by atoms with Gasteiger partial charge in [-0.15, -0.1) is 0 Å². The molecule has 1 rings (SSSR count). The Balaban J connectivity index is 2.07. The zero-order valence-corrected chi connectivity index (χ0v) is 9.69. The van der Waals surface area contributed by atoms with Crippen LogP contribution in [0.1, 0.15) is 18.4 Å². The van der Waals surface area contributed by atoms with Crippen molar-refractivity contribution in [3.05, 3.63) is 35.9 Å². The molecular weight excluding hydrogens is 226 g/mol. The third kappa shape index (κ3) is 7.02. The second-order valence-electron chi connectivity index (χ2n) is 3.93. The molecule has 2 nitrogen and oxygen atoms in total. The quantitative estimate of drug-likeness (QED) is 0.712. The molecule has 0 radical (unpaired) electrons. The summed E-state index contributed by atoms with van der Waals surface area (Å²) in [6, 6.07) is 9.85. The molecule has 0 aromatic heterocycles. The van der Waals surface area contributed by atoms with Crippen LogP contribution in [0, 0.1) is 0 Å². The number of alkyl halides is 2. The summed E-state index contributed by atoms with van der Waals surface area (Å²) in [6.07, 6.45) is -1.11. The van der Waals surface area contributed by atoms with Gasteiger partial charge >= 0.3 is 0 Å². The Hall–Kier alpha value is -1.00. The van der Waals surface area contributed by atoms with E-state index in [4.69, 9.17) is 4.74 Å². The highest BCUT2D eigenvalue weighted by Gasteiger charge is 2.06. The molecule has 1 aromatic rings. The van der Waals surface area contributed by atoms with Crippen molar-refractivity contribution < 1.29 is 18.6 Å². The first-order chi connectivity index (χ1) is 8.18. The molecule has 0 amide bonds. The van der Waals surface area contributed by atoms with Crippen molar-refractivity contribution in [1.29, 1.82) is 0 Å². The SMILES string of the molecule is OC(CCOCC(F)F)CCc1ccccc1. The fraction of sp³-hybridized carbons (Fsp3) is 0.538. The molecule has 1 atom stereocenters. The van der Waals surface area contributed by atoms with Gasteiger partial charge in [0.1, 0.15) is 6.61 Å². The van der Waals surface area contributed by atoms with Crippen LogP contribution in [0.4, 0.5) is 8.78 Å². The van der Waals surface area contributed by atoms with Crippen molar-refractivity contribution in [3.63, 3.8) is 0 Å². The van der Waals surface area contributed by atoms with Gasteiger partial charge < -0.3 is 9.84 Å². The van der Waals surface area contributed by atoms with E-state index in [0.29, 0.717) is 12.8 Å². The van der Waals surface area contributed by atoms with Gasteiger partial charge in [-0.2, -0.15) is 0 Å². The van der Waals surface area contributed by atoms with Gasteiger partial charge in [0.15, 0.2) is 0 Å². The summed E-state index contributed by atoms with van der Waals surface area (Å²) in [4.78, 5) is 0. The van der Waals surface area contributed by atoms with Gasteiger partial charge in [-0.1, -0.05) is 30.3 Å². The van der Waals surface area contributed by atoms with E-state index in [9.17, 15) is 13.9 Å². The van der Waals surface area contributed by atoms with Crippen LogP contribution in [0.2, 0.25) is 0 Å². The highest BCUT2D eigenvalue weighted by Crippen LogP contribution is 2.07. The van der Waals surface area contributed by atoms with E-state index < -0.39 is 19.1 Å². The van der Waals surface area contributed by atoms with Crippen LogP contribution in [0.5, 0.6) is 0 Å². The normalized spacial score (nSPS) is 12.9. The molecule has 0 saturated carbocycles. The Morgan fingerprint density at radius 1 is 1.12 bits per heavy atom. The summed E-state index contributed by atoms with van der Waals surface area (Å²) in [7, 11) is 0. The van der Waals surface area contributed by atoms with Crippen LogP contribution >= 0.6 is 0 Å². The van der Waals surface area contributed by atoms with Crippen molar-refractivity contribution in [2.75, 3.05) is 13.2 Å². The number of rotatable bonds is 8.